The maximum atomic E-state index is 12.2. The molecule has 1 atom stereocenters. The maximum absolute atomic E-state index is 12.2. The van der Waals surface area contributed by atoms with Crippen molar-refractivity contribution in [1.82, 2.24) is 26.1 Å². The highest BCUT2D eigenvalue weighted by Gasteiger charge is 2.38. The van der Waals surface area contributed by atoms with E-state index in [1.165, 1.54) is 6.92 Å². The third kappa shape index (κ3) is 6.17. The van der Waals surface area contributed by atoms with Crippen molar-refractivity contribution in [2.45, 2.75) is 82.7 Å². The van der Waals surface area contributed by atoms with Crippen LogP contribution in [0.2, 0.25) is 0 Å². The van der Waals surface area contributed by atoms with Gasteiger partial charge in [0.15, 0.2) is 5.82 Å². The molecule has 9 heteroatoms. The zero-order valence-electron chi connectivity index (χ0n) is 16.6. The topological polar surface area (TPSA) is 109 Å². The molecule has 1 aliphatic carbocycles. The van der Waals surface area contributed by atoms with E-state index in [0.29, 0.717) is 24.6 Å². The summed E-state index contributed by atoms with van der Waals surface area (Å²) in [6.07, 6.45) is 8.85. The lowest BCUT2D eigenvalue weighted by molar-refractivity contribution is -0.122. The summed E-state index contributed by atoms with van der Waals surface area (Å²) in [4.78, 5) is 28.5. The molecule has 2 amide bonds. The lowest BCUT2D eigenvalue weighted by Gasteiger charge is -2.30. The molecule has 1 saturated heterocycles. The summed E-state index contributed by atoms with van der Waals surface area (Å²) in [5.74, 6) is 0.931. The lowest BCUT2D eigenvalue weighted by Crippen LogP contribution is -2.45. The van der Waals surface area contributed by atoms with E-state index < -0.39 is 5.54 Å². The number of nitrogens with zero attached hydrogens (tertiary/aromatic N) is 2. The van der Waals surface area contributed by atoms with Crippen LogP contribution >= 0.6 is 12.4 Å². The van der Waals surface area contributed by atoms with Crippen LogP contribution in [0.5, 0.6) is 0 Å². The van der Waals surface area contributed by atoms with Crippen molar-refractivity contribution in [3.63, 3.8) is 0 Å². The Kier molecular flexibility index (Phi) is 8.69. The summed E-state index contributed by atoms with van der Waals surface area (Å²) in [7, 11) is 0. The second-order valence-electron chi connectivity index (χ2n) is 7.80. The van der Waals surface area contributed by atoms with E-state index >= 15 is 0 Å². The number of hydrogen-bond acceptors (Lipinski definition) is 6. The molecule has 1 aliphatic heterocycles. The predicted octanol–water partition coefficient (Wildman–Crippen LogP) is 1.98. The molecule has 2 heterocycles. The van der Waals surface area contributed by atoms with Crippen LogP contribution < -0.4 is 16.0 Å². The van der Waals surface area contributed by atoms with Crippen LogP contribution in [0.3, 0.4) is 0 Å². The Morgan fingerprint density at radius 2 is 1.96 bits per heavy atom. The summed E-state index contributed by atoms with van der Waals surface area (Å²) in [5.41, 5.74) is -0.542. The lowest BCUT2D eigenvalue weighted by atomic mass is 9.89. The van der Waals surface area contributed by atoms with Gasteiger partial charge in [0.25, 0.3) is 0 Å². The van der Waals surface area contributed by atoms with Crippen LogP contribution in [0.4, 0.5) is 0 Å². The van der Waals surface area contributed by atoms with Gasteiger partial charge in [0.1, 0.15) is 5.54 Å². The minimum atomic E-state index is -0.542. The zero-order chi connectivity index (χ0) is 19.1. The maximum Gasteiger partial charge on any atom is 0.227 e. The number of amides is 2. The summed E-state index contributed by atoms with van der Waals surface area (Å²) in [6.45, 7) is 3.38. The summed E-state index contributed by atoms with van der Waals surface area (Å²) >= 11 is 0. The number of carbonyl (C=O) groups excluding carboxylic acids is 2. The van der Waals surface area contributed by atoms with Crippen LogP contribution in [-0.4, -0.2) is 41.1 Å². The molecule has 0 bridgehead atoms. The van der Waals surface area contributed by atoms with Crippen molar-refractivity contribution in [3.05, 3.63) is 11.7 Å². The second kappa shape index (κ2) is 10.8. The van der Waals surface area contributed by atoms with E-state index in [1.54, 1.807) is 0 Å². The van der Waals surface area contributed by atoms with Crippen LogP contribution in [-0.2, 0) is 21.5 Å². The number of rotatable bonds is 6. The van der Waals surface area contributed by atoms with Gasteiger partial charge < -0.3 is 20.5 Å². The third-order valence-electron chi connectivity index (χ3n) is 5.50. The zero-order valence-corrected chi connectivity index (χ0v) is 17.4. The monoisotopic (exact) mass is 413 g/mol. The van der Waals surface area contributed by atoms with Crippen LogP contribution in [0.15, 0.2) is 4.52 Å². The SMILES string of the molecule is CC(=O)NC1(c2noc(CCC(=O)NC3CCCNC3)n2)CCCCCC1.Cl. The Balaban J connectivity index is 0.00000280. The molecule has 28 heavy (non-hydrogen) atoms. The van der Waals surface area contributed by atoms with Crippen molar-refractivity contribution < 1.29 is 14.1 Å². The molecule has 1 aromatic heterocycles. The van der Waals surface area contributed by atoms with Gasteiger partial charge in [-0.1, -0.05) is 30.8 Å². The largest absolute Gasteiger partial charge is 0.352 e. The van der Waals surface area contributed by atoms with Gasteiger partial charge in [-0.25, -0.2) is 0 Å². The van der Waals surface area contributed by atoms with Crippen LogP contribution in [0, 0.1) is 0 Å². The van der Waals surface area contributed by atoms with E-state index in [4.69, 9.17) is 4.52 Å². The summed E-state index contributed by atoms with van der Waals surface area (Å²) in [5, 5.41) is 13.6. The van der Waals surface area contributed by atoms with Gasteiger partial charge in [-0.05, 0) is 32.2 Å². The molecule has 3 N–H and O–H groups in total. The van der Waals surface area contributed by atoms with Gasteiger partial charge in [0.05, 0.1) is 0 Å². The highest BCUT2D eigenvalue weighted by atomic mass is 35.5. The van der Waals surface area contributed by atoms with Crippen molar-refractivity contribution in [1.29, 1.82) is 0 Å². The number of aryl methyl sites for hydroxylation is 1. The first kappa shape index (κ1) is 22.6. The van der Waals surface area contributed by atoms with E-state index in [9.17, 15) is 9.59 Å². The highest BCUT2D eigenvalue weighted by molar-refractivity contribution is 5.85. The molecule has 0 radical (unpaired) electrons. The van der Waals surface area contributed by atoms with Gasteiger partial charge in [-0.2, -0.15) is 4.98 Å². The fourth-order valence-electron chi connectivity index (χ4n) is 4.12. The second-order valence-corrected chi connectivity index (χ2v) is 7.80. The molecule has 1 unspecified atom stereocenters. The third-order valence-corrected chi connectivity index (χ3v) is 5.50. The Bertz CT molecular complexity index is 637. The molecule has 0 aromatic carbocycles. The number of carbonyl (C=O) groups is 2. The Morgan fingerprint density at radius 3 is 2.61 bits per heavy atom. The predicted molar refractivity (Wildman–Crippen MR) is 107 cm³/mol. The van der Waals surface area contributed by atoms with Gasteiger partial charge >= 0.3 is 0 Å². The first-order chi connectivity index (χ1) is 13.1. The number of halogens is 1. The molecule has 2 aliphatic rings. The standard InChI is InChI=1S/C19H31N5O3.ClH/c1-14(25)23-19(10-4-2-3-5-11-19)18-22-17(27-24-18)9-8-16(26)21-15-7-6-12-20-13-15;/h15,20H,2-13H2,1H3,(H,21,26)(H,23,25);1H. The number of hydrogen-bond donors (Lipinski definition) is 3. The average molecular weight is 414 g/mol. The Labute approximate surface area is 172 Å². The van der Waals surface area contributed by atoms with Crippen LogP contribution in [0.1, 0.15) is 76.4 Å². The molecule has 1 saturated carbocycles. The first-order valence-electron chi connectivity index (χ1n) is 10.2. The summed E-state index contributed by atoms with van der Waals surface area (Å²) < 4.78 is 5.40. The molecule has 2 fully saturated rings. The van der Waals surface area contributed by atoms with Crippen LogP contribution in [0.25, 0.3) is 0 Å². The van der Waals surface area contributed by atoms with Gasteiger partial charge in [-0.15, -0.1) is 12.4 Å². The van der Waals surface area contributed by atoms with Gasteiger partial charge in [0.2, 0.25) is 17.7 Å². The fourth-order valence-corrected chi connectivity index (χ4v) is 4.12. The van der Waals surface area contributed by atoms with Crippen molar-refractivity contribution >= 4 is 24.2 Å². The smallest absolute Gasteiger partial charge is 0.227 e. The normalized spacial score (nSPS) is 21.8. The molecule has 0 spiro atoms. The van der Waals surface area contributed by atoms with Gasteiger partial charge in [-0.3, -0.25) is 9.59 Å². The quantitative estimate of drug-likeness (QED) is 0.615. The molecule has 3 rings (SSSR count). The van der Waals surface area contributed by atoms with Crippen molar-refractivity contribution in [2.24, 2.45) is 0 Å². The molecule has 8 nitrogen and oxygen atoms in total. The minimum absolute atomic E-state index is 0. The number of piperidine rings is 1. The van der Waals surface area contributed by atoms with Gasteiger partial charge in [0, 0.05) is 32.4 Å². The van der Waals surface area contributed by atoms with Crippen molar-refractivity contribution in [2.75, 3.05) is 13.1 Å². The minimum Gasteiger partial charge on any atom is -0.352 e. The number of aromatic nitrogens is 2. The molecular weight excluding hydrogens is 382 g/mol. The van der Waals surface area contributed by atoms with Crippen molar-refractivity contribution in [3.8, 4) is 0 Å². The summed E-state index contributed by atoms with van der Waals surface area (Å²) in [6, 6.07) is 0.207. The molecule has 158 valence electrons. The van der Waals surface area contributed by atoms with E-state index in [2.05, 4.69) is 26.1 Å². The highest BCUT2D eigenvalue weighted by Crippen LogP contribution is 2.34. The molecule has 1 aromatic rings. The number of nitrogens with one attached hydrogen (secondary N) is 3. The van der Waals surface area contributed by atoms with E-state index in [1.807, 2.05) is 0 Å². The first-order valence-corrected chi connectivity index (χ1v) is 10.2. The Morgan fingerprint density at radius 1 is 1.21 bits per heavy atom. The molecular formula is C19H32ClN5O3. The van der Waals surface area contributed by atoms with E-state index in [0.717, 1.165) is 64.5 Å². The fraction of sp³-hybridized carbons (Fsp3) is 0.789. The average Bonchev–Trinajstić information content (AvgIpc) is 3.01. The Hall–Kier alpha value is -1.67. The van der Waals surface area contributed by atoms with E-state index in [-0.39, 0.29) is 30.3 Å².